The van der Waals surface area contributed by atoms with E-state index in [1.807, 2.05) is 0 Å². The Morgan fingerprint density at radius 2 is 1.64 bits per heavy atom. The molecule has 11 heteroatoms. The summed E-state index contributed by atoms with van der Waals surface area (Å²) in [6.07, 6.45) is 1.19. The quantitative estimate of drug-likeness (QED) is 0.121. The van der Waals surface area contributed by atoms with Crippen LogP contribution in [-0.4, -0.2) is 37.2 Å². The lowest BCUT2D eigenvalue weighted by atomic mass is 10.1. The van der Waals surface area contributed by atoms with Gasteiger partial charge in [-0.3, -0.25) is 14.4 Å². The lowest BCUT2D eigenvalue weighted by Crippen LogP contribution is -2.30. The van der Waals surface area contributed by atoms with Crippen LogP contribution in [0.15, 0.2) is 102 Å². The van der Waals surface area contributed by atoms with Gasteiger partial charge >= 0.3 is 0 Å². The van der Waals surface area contributed by atoms with Gasteiger partial charge in [0, 0.05) is 27.8 Å². The van der Waals surface area contributed by atoms with Crippen molar-refractivity contribution in [2.75, 3.05) is 24.9 Å². The molecular weight excluding hydrogens is 605 g/mol. The number of methoxy groups -OCH3 is 2. The first kappa shape index (κ1) is 32.1. The van der Waals surface area contributed by atoms with Crippen LogP contribution in [0.4, 0.5) is 15.8 Å². The van der Waals surface area contributed by atoms with Crippen molar-refractivity contribution in [2.24, 2.45) is 0 Å². The van der Waals surface area contributed by atoms with Crippen molar-refractivity contribution in [1.29, 1.82) is 0 Å². The average molecular weight is 634 g/mol. The molecule has 0 aliphatic rings. The van der Waals surface area contributed by atoms with Gasteiger partial charge < -0.3 is 25.4 Å². The molecule has 3 amide bonds. The van der Waals surface area contributed by atoms with Gasteiger partial charge in [0.15, 0.2) is 0 Å². The first-order valence-corrected chi connectivity index (χ1v) is 14.6. The summed E-state index contributed by atoms with van der Waals surface area (Å²) in [6.45, 7) is 1.75. The van der Waals surface area contributed by atoms with E-state index in [2.05, 4.69) is 16.0 Å². The maximum atomic E-state index is 14.6. The molecule has 0 fully saturated rings. The number of carbonyl (C=O) groups excluding carboxylic acids is 3. The SMILES string of the molecule is COc1ccc(OC)c(NC(=O)C(C)Sc2cccc(NC(=O)/C(=C\c3c(F)cccc3Cl)NC(=O)c3ccccc3)c2)c1. The van der Waals surface area contributed by atoms with E-state index in [1.165, 1.54) is 50.3 Å². The average Bonchev–Trinajstić information content (AvgIpc) is 3.02. The van der Waals surface area contributed by atoms with Crippen LogP contribution >= 0.6 is 23.4 Å². The van der Waals surface area contributed by atoms with E-state index in [1.54, 1.807) is 79.7 Å². The summed E-state index contributed by atoms with van der Waals surface area (Å²) < 4.78 is 25.2. The highest BCUT2D eigenvalue weighted by atomic mass is 35.5. The predicted molar refractivity (Wildman–Crippen MR) is 172 cm³/mol. The highest BCUT2D eigenvalue weighted by Gasteiger charge is 2.19. The Morgan fingerprint density at radius 3 is 2.34 bits per heavy atom. The van der Waals surface area contributed by atoms with Gasteiger partial charge in [-0.2, -0.15) is 0 Å². The summed E-state index contributed by atoms with van der Waals surface area (Å²) in [4.78, 5) is 40.0. The third-order valence-electron chi connectivity index (χ3n) is 6.26. The summed E-state index contributed by atoms with van der Waals surface area (Å²) in [5.41, 5.74) is 0.898. The topological polar surface area (TPSA) is 106 Å². The number of benzene rings is 4. The standard InChI is InChI=1S/C33H29ClFN3O5S/c1-20(31(39)37-28-18-23(42-2)15-16-30(28)43-3)44-24-12-7-11-22(17-24)36-33(41)29(19-25-26(34)13-8-14-27(25)35)38-32(40)21-9-5-4-6-10-21/h4-20H,1-3H3,(H,36,41)(H,37,39)(H,38,40)/b29-19+. The molecule has 0 aliphatic carbocycles. The molecule has 3 N–H and O–H groups in total. The lowest BCUT2D eigenvalue weighted by molar-refractivity contribution is -0.115. The number of hydrogen-bond donors (Lipinski definition) is 3. The molecule has 8 nitrogen and oxygen atoms in total. The monoisotopic (exact) mass is 633 g/mol. The van der Waals surface area contributed by atoms with Gasteiger partial charge in [-0.05, 0) is 67.6 Å². The minimum atomic E-state index is -0.702. The van der Waals surface area contributed by atoms with E-state index in [-0.39, 0.29) is 22.2 Å². The molecular formula is C33H29ClFN3O5S. The largest absolute Gasteiger partial charge is 0.497 e. The predicted octanol–water partition coefficient (Wildman–Crippen LogP) is 7.03. The van der Waals surface area contributed by atoms with Crippen molar-refractivity contribution in [1.82, 2.24) is 5.32 Å². The van der Waals surface area contributed by atoms with Crippen LogP contribution in [0.1, 0.15) is 22.8 Å². The fourth-order valence-corrected chi connectivity index (χ4v) is 5.13. The lowest BCUT2D eigenvalue weighted by Gasteiger charge is -2.16. The zero-order valence-electron chi connectivity index (χ0n) is 24.0. The van der Waals surface area contributed by atoms with Gasteiger partial charge in [0.25, 0.3) is 11.8 Å². The molecule has 0 aromatic heterocycles. The molecule has 226 valence electrons. The number of hydrogen-bond acceptors (Lipinski definition) is 6. The van der Waals surface area contributed by atoms with Crippen LogP contribution in [-0.2, 0) is 9.59 Å². The molecule has 0 saturated heterocycles. The number of rotatable bonds is 11. The second-order valence-corrected chi connectivity index (χ2v) is 11.1. The summed E-state index contributed by atoms with van der Waals surface area (Å²) in [7, 11) is 3.04. The molecule has 1 atom stereocenters. The number of anilines is 2. The minimum absolute atomic E-state index is 0.0514. The Balaban J connectivity index is 1.51. The number of nitrogens with one attached hydrogen (secondary N) is 3. The van der Waals surface area contributed by atoms with Crippen LogP contribution < -0.4 is 25.4 Å². The molecule has 0 bridgehead atoms. The summed E-state index contributed by atoms with van der Waals surface area (Å²) in [6, 6.07) is 24.4. The van der Waals surface area contributed by atoms with Crippen LogP contribution in [0.3, 0.4) is 0 Å². The summed E-state index contributed by atoms with van der Waals surface area (Å²) in [5, 5.41) is 7.70. The third-order valence-corrected chi connectivity index (χ3v) is 7.68. The van der Waals surface area contributed by atoms with Crippen LogP contribution in [0.25, 0.3) is 6.08 Å². The van der Waals surface area contributed by atoms with Crippen LogP contribution in [0.5, 0.6) is 11.5 Å². The fraction of sp³-hybridized carbons (Fsp3) is 0.121. The Hall–Kier alpha value is -4.80. The number of ether oxygens (including phenoxy) is 2. The Labute approximate surface area is 263 Å². The van der Waals surface area contributed by atoms with Gasteiger partial charge in [0.05, 0.1) is 30.2 Å². The first-order valence-electron chi connectivity index (χ1n) is 13.3. The zero-order valence-corrected chi connectivity index (χ0v) is 25.6. The molecule has 0 radical (unpaired) electrons. The summed E-state index contributed by atoms with van der Waals surface area (Å²) >= 11 is 7.46. The van der Waals surface area contributed by atoms with Crippen molar-refractivity contribution < 1.29 is 28.2 Å². The van der Waals surface area contributed by atoms with Crippen molar-refractivity contribution in [3.8, 4) is 11.5 Å². The Bertz CT molecular complexity index is 1680. The Kier molecular flexibility index (Phi) is 11.0. The third kappa shape index (κ3) is 8.40. The maximum Gasteiger partial charge on any atom is 0.272 e. The van der Waals surface area contributed by atoms with Crippen LogP contribution in [0.2, 0.25) is 5.02 Å². The second-order valence-electron chi connectivity index (χ2n) is 9.31. The summed E-state index contributed by atoms with van der Waals surface area (Å²) in [5.74, 6) is -1.14. The minimum Gasteiger partial charge on any atom is -0.497 e. The fourth-order valence-electron chi connectivity index (χ4n) is 3.98. The molecule has 0 aliphatic heterocycles. The van der Waals surface area contributed by atoms with Gasteiger partial charge in [0.1, 0.15) is 23.0 Å². The smallest absolute Gasteiger partial charge is 0.272 e. The highest BCUT2D eigenvalue weighted by Crippen LogP contribution is 2.31. The molecule has 4 aromatic rings. The van der Waals surface area contributed by atoms with Crippen molar-refractivity contribution in [3.63, 3.8) is 0 Å². The second kappa shape index (κ2) is 15.1. The van der Waals surface area contributed by atoms with Crippen molar-refractivity contribution >= 4 is 58.5 Å². The van der Waals surface area contributed by atoms with Crippen molar-refractivity contribution in [2.45, 2.75) is 17.1 Å². The number of carbonyl (C=O) groups is 3. The number of halogens is 2. The number of thioether (sulfide) groups is 1. The molecule has 0 spiro atoms. The van der Waals surface area contributed by atoms with Crippen LogP contribution in [0, 0.1) is 5.82 Å². The number of amides is 3. The molecule has 4 rings (SSSR count). The van der Waals surface area contributed by atoms with E-state index in [0.717, 1.165) is 0 Å². The van der Waals surface area contributed by atoms with E-state index in [4.69, 9.17) is 21.1 Å². The van der Waals surface area contributed by atoms with Gasteiger partial charge in [-0.25, -0.2) is 4.39 Å². The molecule has 0 heterocycles. The van der Waals surface area contributed by atoms with Gasteiger partial charge in [0.2, 0.25) is 5.91 Å². The van der Waals surface area contributed by atoms with Crippen molar-refractivity contribution in [3.05, 3.63) is 119 Å². The normalized spacial score (nSPS) is 11.7. The first-order chi connectivity index (χ1) is 21.2. The van der Waals surface area contributed by atoms with E-state index < -0.39 is 22.9 Å². The molecule has 0 saturated carbocycles. The van der Waals surface area contributed by atoms with E-state index in [0.29, 0.717) is 33.3 Å². The van der Waals surface area contributed by atoms with Gasteiger partial charge in [-0.15, -0.1) is 11.8 Å². The molecule has 4 aromatic carbocycles. The molecule has 44 heavy (non-hydrogen) atoms. The zero-order chi connectivity index (χ0) is 31.6. The van der Waals surface area contributed by atoms with E-state index in [9.17, 15) is 18.8 Å². The van der Waals surface area contributed by atoms with E-state index >= 15 is 0 Å². The Morgan fingerprint density at radius 1 is 0.886 bits per heavy atom. The van der Waals surface area contributed by atoms with Gasteiger partial charge in [-0.1, -0.05) is 41.9 Å². The maximum absolute atomic E-state index is 14.6. The molecule has 1 unspecified atom stereocenters. The highest BCUT2D eigenvalue weighted by molar-refractivity contribution is 8.00.